The maximum Gasteiger partial charge on any atom is 0.313 e. The van der Waals surface area contributed by atoms with Crippen LogP contribution < -0.4 is 4.74 Å². The maximum atomic E-state index is 11.6. The number of aliphatic imine (C=N–C) groups is 1. The van der Waals surface area contributed by atoms with Gasteiger partial charge in [-0.1, -0.05) is 39.3 Å². The predicted molar refractivity (Wildman–Crippen MR) is 80.4 cm³/mol. The first-order valence-corrected chi connectivity index (χ1v) is 6.91. The van der Waals surface area contributed by atoms with Gasteiger partial charge in [-0.25, -0.2) is 0 Å². The van der Waals surface area contributed by atoms with E-state index in [-0.39, 0.29) is 17.8 Å². The van der Waals surface area contributed by atoms with E-state index in [1.807, 2.05) is 13.8 Å². The number of rotatable bonds is 5. The fourth-order valence-corrected chi connectivity index (χ4v) is 1.52. The SMILES string of the molecule is CC(C)C(=O)Oc1cc(Cl)cc(/C=N/C(O)C(C)C)c1. The lowest BCUT2D eigenvalue weighted by Gasteiger charge is -2.09. The number of hydrogen-bond acceptors (Lipinski definition) is 4. The van der Waals surface area contributed by atoms with Gasteiger partial charge in [0.05, 0.1) is 5.92 Å². The van der Waals surface area contributed by atoms with Crippen LogP contribution in [0, 0.1) is 11.8 Å². The Bertz CT molecular complexity index is 498. The summed E-state index contributed by atoms with van der Waals surface area (Å²) in [4.78, 5) is 15.6. The second kappa shape index (κ2) is 7.41. The van der Waals surface area contributed by atoms with E-state index in [4.69, 9.17) is 16.3 Å². The first-order valence-electron chi connectivity index (χ1n) is 6.53. The highest BCUT2D eigenvalue weighted by Crippen LogP contribution is 2.21. The van der Waals surface area contributed by atoms with E-state index in [1.165, 1.54) is 6.21 Å². The van der Waals surface area contributed by atoms with Crippen molar-refractivity contribution in [1.82, 2.24) is 0 Å². The van der Waals surface area contributed by atoms with E-state index < -0.39 is 6.23 Å². The molecule has 5 heteroatoms. The van der Waals surface area contributed by atoms with Gasteiger partial charge in [0.1, 0.15) is 12.0 Å². The third kappa shape index (κ3) is 5.31. The van der Waals surface area contributed by atoms with Gasteiger partial charge in [-0.2, -0.15) is 0 Å². The van der Waals surface area contributed by atoms with Gasteiger partial charge in [-0.15, -0.1) is 0 Å². The van der Waals surface area contributed by atoms with Gasteiger partial charge in [0.15, 0.2) is 0 Å². The topological polar surface area (TPSA) is 58.9 Å². The van der Waals surface area contributed by atoms with Crippen molar-refractivity contribution in [1.29, 1.82) is 0 Å². The molecule has 1 aromatic carbocycles. The number of halogens is 1. The number of nitrogens with zero attached hydrogens (tertiary/aromatic N) is 1. The number of esters is 1. The summed E-state index contributed by atoms with van der Waals surface area (Å²) in [5.41, 5.74) is 0.670. The number of carbonyl (C=O) groups is 1. The highest BCUT2D eigenvalue weighted by Gasteiger charge is 2.11. The highest BCUT2D eigenvalue weighted by molar-refractivity contribution is 6.31. The lowest BCUT2D eigenvalue weighted by molar-refractivity contribution is -0.137. The maximum absolute atomic E-state index is 11.6. The standard InChI is InChI=1S/C15H20ClNO3/c1-9(2)14(18)17-8-11-5-12(16)7-13(6-11)20-15(19)10(3)4/h5-10,14,18H,1-4H3/b17-8+. The van der Waals surface area contributed by atoms with Crippen LogP contribution in [0.25, 0.3) is 0 Å². The number of benzene rings is 1. The minimum absolute atomic E-state index is 0.0312. The molecule has 110 valence electrons. The zero-order valence-corrected chi connectivity index (χ0v) is 12.9. The van der Waals surface area contributed by atoms with Gasteiger partial charge in [0, 0.05) is 11.2 Å². The smallest absolute Gasteiger partial charge is 0.313 e. The Kier molecular flexibility index (Phi) is 6.17. The van der Waals surface area contributed by atoms with E-state index in [2.05, 4.69) is 4.99 Å². The summed E-state index contributed by atoms with van der Waals surface area (Å²) in [5, 5.41) is 10.1. The largest absolute Gasteiger partial charge is 0.426 e. The van der Waals surface area contributed by atoms with E-state index in [9.17, 15) is 9.90 Å². The normalized spacial score (nSPS) is 13.2. The molecule has 0 heterocycles. The molecule has 4 nitrogen and oxygen atoms in total. The fraction of sp³-hybridized carbons (Fsp3) is 0.467. The van der Waals surface area contributed by atoms with Gasteiger partial charge < -0.3 is 9.84 Å². The summed E-state index contributed by atoms with van der Waals surface area (Å²) < 4.78 is 5.20. The lowest BCUT2D eigenvalue weighted by Crippen LogP contribution is -2.15. The van der Waals surface area contributed by atoms with Crippen LogP contribution in [0.3, 0.4) is 0 Å². The molecule has 0 bridgehead atoms. The Morgan fingerprint density at radius 1 is 1.30 bits per heavy atom. The number of carbonyl (C=O) groups excluding carboxylic acids is 1. The molecule has 0 saturated carbocycles. The third-order valence-electron chi connectivity index (χ3n) is 2.56. The molecule has 20 heavy (non-hydrogen) atoms. The summed E-state index contributed by atoms with van der Waals surface area (Å²) in [6.45, 7) is 7.26. The number of aliphatic hydroxyl groups is 1. The first-order chi connectivity index (χ1) is 9.29. The Morgan fingerprint density at radius 3 is 2.50 bits per heavy atom. The Labute approximate surface area is 124 Å². The average Bonchev–Trinajstić information content (AvgIpc) is 2.34. The minimum atomic E-state index is -0.768. The van der Waals surface area contributed by atoms with Gasteiger partial charge in [0.2, 0.25) is 0 Å². The summed E-state index contributed by atoms with van der Waals surface area (Å²) in [7, 11) is 0. The zero-order chi connectivity index (χ0) is 15.3. The van der Waals surface area contributed by atoms with Gasteiger partial charge >= 0.3 is 5.97 Å². The minimum Gasteiger partial charge on any atom is -0.426 e. The van der Waals surface area contributed by atoms with Crippen LogP contribution in [0.1, 0.15) is 33.3 Å². The van der Waals surface area contributed by atoms with Crippen LogP contribution in [-0.2, 0) is 4.79 Å². The number of ether oxygens (including phenoxy) is 1. The van der Waals surface area contributed by atoms with Crippen LogP contribution in [0.5, 0.6) is 5.75 Å². The second-order valence-electron chi connectivity index (χ2n) is 5.23. The first kappa shape index (κ1) is 16.7. The molecule has 0 aliphatic heterocycles. The Balaban J connectivity index is 2.89. The van der Waals surface area contributed by atoms with Crippen molar-refractivity contribution < 1.29 is 14.6 Å². The Morgan fingerprint density at radius 2 is 1.95 bits per heavy atom. The fourth-order valence-electron chi connectivity index (χ4n) is 1.29. The van der Waals surface area contributed by atoms with Crippen molar-refractivity contribution in [3.05, 3.63) is 28.8 Å². The van der Waals surface area contributed by atoms with Crippen LogP contribution in [-0.4, -0.2) is 23.5 Å². The molecule has 0 amide bonds. The van der Waals surface area contributed by atoms with Gasteiger partial charge in [-0.05, 0) is 29.7 Å². The van der Waals surface area contributed by atoms with E-state index in [1.54, 1.807) is 32.0 Å². The van der Waals surface area contributed by atoms with E-state index >= 15 is 0 Å². The molecule has 0 aliphatic carbocycles. The third-order valence-corrected chi connectivity index (χ3v) is 2.77. The van der Waals surface area contributed by atoms with Crippen molar-refractivity contribution in [3.63, 3.8) is 0 Å². The second-order valence-corrected chi connectivity index (χ2v) is 5.67. The van der Waals surface area contributed by atoms with Crippen molar-refractivity contribution in [2.24, 2.45) is 16.8 Å². The van der Waals surface area contributed by atoms with Crippen molar-refractivity contribution in [3.8, 4) is 5.75 Å². The van der Waals surface area contributed by atoms with Gasteiger partial charge in [0.25, 0.3) is 0 Å². The molecule has 0 aliphatic rings. The molecule has 0 aromatic heterocycles. The number of aliphatic hydroxyl groups excluding tert-OH is 1. The summed E-state index contributed by atoms with van der Waals surface area (Å²) in [6.07, 6.45) is 0.749. The molecule has 1 N–H and O–H groups in total. The molecule has 1 unspecified atom stereocenters. The van der Waals surface area contributed by atoms with Crippen LogP contribution in [0.4, 0.5) is 0 Å². The van der Waals surface area contributed by atoms with Crippen LogP contribution in [0.15, 0.2) is 23.2 Å². The average molecular weight is 298 g/mol. The molecule has 1 atom stereocenters. The predicted octanol–water partition coefficient (Wildman–Crippen LogP) is 3.29. The Hall–Kier alpha value is -1.39. The molecular formula is C15H20ClNO3. The molecule has 0 spiro atoms. The molecule has 0 fully saturated rings. The number of hydrogen-bond donors (Lipinski definition) is 1. The molecule has 0 saturated heterocycles. The summed E-state index contributed by atoms with van der Waals surface area (Å²) >= 11 is 5.98. The monoisotopic (exact) mass is 297 g/mol. The quantitative estimate of drug-likeness (QED) is 0.515. The van der Waals surface area contributed by atoms with Gasteiger partial charge in [-0.3, -0.25) is 9.79 Å². The van der Waals surface area contributed by atoms with Crippen molar-refractivity contribution in [2.45, 2.75) is 33.9 Å². The molecular weight excluding hydrogens is 278 g/mol. The molecule has 0 radical (unpaired) electrons. The highest BCUT2D eigenvalue weighted by atomic mass is 35.5. The van der Waals surface area contributed by atoms with Crippen molar-refractivity contribution >= 4 is 23.8 Å². The van der Waals surface area contributed by atoms with Crippen LogP contribution >= 0.6 is 11.6 Å². The lowest BCUT2D eigenvalue weighted by atomic mass is 10.2. The summed E-state index contributed by atoms with van der Waals surface area (Å²) in [5.74, 6) is -0.133. The summed E-state index contributed by atoms with van der Waals surface area (Å²) in [6, 6.07) is 4.91. The van der Waals surface area contributed by atoms with Crippen LogP contribution in [0.2, 0.25) is 5.02 Å². The van der Waals surface area contributed by atoms with E-state index in [0.717, 1.165) is 0 Å². The molecule has 1 rings (SSSR count). The van der Waals surface area contributed by atoms with Crippen molar-refractivity contribution in [2.75, 3.05) is 0 Å². The van der Waals surface area contributed by atoms with E-state index in [0.29, 0.717) is 16.3 Å². The zero-order valence-electron chi connectivity index (χ0n) is 12.1. The molecule has 1 aromatic rings.